The molecule has 0 N–H and O–H groups in total. The van der Waals surface area contributed by atoms with Gasteiger partial charge in [0.1, 0.15) is 11.5 Å². The van der Waals surface area contributed by atoms with Gasteiger partial charge in [0.25, 0.3) is 0 Å². The average Bonchev–Trinajstić information content (AvgIpc) is 2.94. The van der Waals surface area contributed by atoms with Crippen LogP contribution in [0, 0.1) is 6.92 Å². The minimum Gasteiger partial charge on any atom is -0.380 e. The summed E-state index contributed by atoms with van der Waals surface area (Å²) in [7, 11) is 5.43. The minimum atomic E-state index is -0.108. The number of aryl methyl sites for hydroxylation is 1. The van der Waals surface area contributed by atoms with E-state index < -0.39 is 0 Å². The van der Waals surface area contributed by atoms with Crippen molar-refractivity contribution >= 4 is 5.91 Å². The van der Waals surface area contributed by atoms with Crippen molar-refractivity contribution < 1.29 is 14.1 Å². The highest BCUT2D eigenvalue weighted by molar-refractivity contribution is 5.82. The standard InChI is InChI=1S/C13H21N3O3/c1-9-5-10(14-19-9)7-16(3)13(17)12-6-11(18-4)8-15(12)2/h5,11-12H,6-8H2,1-4H3/t11-,12-/m0/s1. The fourth-order valence-electron chi connectivity index (χ4n) is 2.48. The molecule has 0 bridgehead atoms. The first-order valence-corrected chi connectivity index (χ1v) is 6.41. The zero-order valence-corrected chi connectivity index (χ0v) is 11.9. The number of methoxy groups -OCH3 is 1. The number of hydrogen-bond acceptors (Lipinski definition) is 5. The maximum absolute atomic E-state index is 12.4. The normalized spacial score (nSPS) is 23.8. The number of nitrogens with zero attached hydrogens (tertiary/aromatic N) is 3. The number of amides is 1. The van der Waals surface area contributed by atoms with E-state index in [1.165, 1.54) is 0 Å². The molecule has 6 heteroatoms. The lowest BCUT2D eigenvalue weighted by Gasteiger charge is -2.24. The van der Waals surface area contributed by atoms with Gasteiger partial charge in [0.2, 0.25) is 5.91 Å². The summed E-state index contributed by atoms with van der Waals surface area (Å²) in [5.74, 6) is 0.857. The first kappa shape index (κ1) is 14.0. The average molecular weight is 267 g/mol. The number of ether oxygens (including phenoxy) is 1. The topological polar surface area (TPSA) is 58.8 Å². The van der Waals surface area contributed by atoms with Crippen LogP contribution in [0.4, 0.5) is 0 Å². The summed E-state index contributed by atoms with van der Waals surface area (Å²) < 4.78 is 10.3. The second-order valence-corrected chi connectivity index (χ2v) is 5.17. The Hall–Kier alpha value is -1.40. The van der Waals surface area contributed by atoms with Crippen molar-refractivity contribution in [2.45, 2.75) is 32.0 Å². The number of rotatable bonds is 4. The molecule has 2 atom stereocenters. The lowest BCUT2D eigenvalue weighted by Crippen LogP contribution is -2.42. The van der Waals surface area contributed by atoms with Gasteiger partial charge in [-0.05, 0) is 20.4 Å². The molecule has 1 saturated heterocycles. The van der Waals surface area contributed by atoms with E-state index in [9.17, 15) is 4.79 Å². The van der Waals surface area contributed by atoms with Crippen LogP contribution in [0.5, 0.6) is 0 Å². The Bertz CT molecular complexity index is 446. The van der Waals surface area contributed by atoms with Crippen molar-refractivity contribution in [1.29, 1.82) is 0 Å². The highest BCUT2D eigenvalue weighted by Crippen LogP contribution is 2.20. The number of likely N-dealkylation sites (tertiary alicyclic amines) is 1. The minimum absolute atomic E-state index is 0.0997. The maximum atomic E-state index is 12.4. The smallest absolute Gasteiger partial charge is 0.240 e. The number of aromatic nitrogens is 1. The Morgan fingerprint density at radius 2 is 2.42 bits per heavy atom. The second-order valence-electron chi connectivity index (χ2n) is 5.17. The number of hydrogen-bond donors (Lipinski definition) is 0. The van der Waals surface area contributed by atoms with Gasteiger partial charge in [-0.2, -0.15) is 0 Å². The Balaban J connectivity index is 1.95. The van der Waals surface area contributed by atoms with Crippen molar-refractivity contribution in [3.63, 3.8) is 0 Å². The van der Waals surface area contributed by atoms with Gasteiger partial charge in [-0.3, -0.25) is 9.69 Å². The van der Waals surface area contributed by atoms with Crippen LogP contribution in [0.3, 0.4) is 0 Å². The molecule has 2 rings (SSSR count). The van der Waals surface area contributed by atoms with Gasteiger partial charge in [-0.25, -0.2) is 0 Å². The second kappa shape index (κ2) is 5.71. The predicted octanol–water partition coefficient (Wildman–Crippen LogP) is 0.661. The molecule has 0 radical (unpaired) electrons. The number of carbonyl (C=O) groups is 1. The van der Waals surface area contributed by atoms with E-state index in [0.717, 1.165) is 24.4 Å². The van der Waals surface area contributed by atoms with E-state index >= 15 is 0 Å². The van der Waals surface area contributed by atoms with E-state index in [1.807, 2.05) is 24.9 Å². The van der Waals surface area contributed by atoms with Gasteiger partial charge in [0.05, 0.1) is 18.7 Å². The van der Waals surface area contributed by atoms with Crippen molar-refractivity contribution in [2.24, 2.45) is 0 Å². The van der Waals surface area contributed by atoms with E-state index in [1.54, 1.807) is 19.1 Å². The Morgan fingerprint density at radius 3 is 2.95 bits per heavy atom. The molecule has 6 nitrogen and oxygen atoms in total. The number of carbonyl (C=O) groups excluding carboxylic acids is 1. The zero-order chi connectivity index (χ0) is 14.0. The quantitative estimate of drug-likeness (QED) is 0.802. The van der Waals surface area contributed by atoms with Gasteiger partial charge in [-0.1, -0.05) is 5.16 Å². The largest absolute Gasteiger partial charge is 0.380 e. The fraction of sp³-hybridized carbons (Fsp3) is 0.692. The first-order valence-electron chi connectivity index (χ1n) is 6.41. The van der Waals surface area contributed by atoms with Crippen molar-refractivity contribution in [2.75, 3.05) is 27.7 Å². The summed E-state index contributed by atoms with van der Waals surface area (Å²) in [6.45, 7) is 3.11. The monoisotopic (exact) mass is 267 g/mol. The third-order valence-electron chi connectivity index (χ3n) is 3.58. The van der Waals surface area contributed by atoms with Crippen LogP contribution in [0.1, 0.15) is 17.9 Å². The summed E-state index contributed by atoms with van der Waals surface area (Å²) in [6.07, 6.45) is 0.884. The summed E-state index contributed by atoms with van der Waals surface area (Å²) in [6, 6.07) is 1.74. The molecule has 0 saturated carbocycles. The molecular formula is C13H21N3O3. The van der Waals surface area contributed by atoms with E-state index in [2.05, 4.69) is 5.16 Å². The Morgan fingerprint density at radius 1 is 1.68 bits per heavy atom. The molecule has 0 spiro atoms. The SMILES string of the molecule is CO[C@H]1C[C@@H](C(=O)N(C)Cc2cc(C)on2)N(C)C1. The maximum Gasteiger partial charge on any atom is 0.240 e. The highest BCUT2D eigenvalue weighted by Gasteiger charge is 2.36. The fourth-order valence-corrected chi connectivity index (χ4v) is 2.48. The molecule has 1 aromatic rings. The molecule has 1 aliphatic heterocycles. The van der Waals surface area contributed by atoms with Gasteiger partial charge in [-0.15, -0.1) is 0 Å². The zero-order valence-electron chi connectivity index (χ0n) is 11.9. The number of likely N-dealkylation sites (N-methyl/N-ethyl adjacent to an activating group) is 2. The van der Waals surface area contributed by atoms with E-state index in [0.29, 0.717) is 6.54 Å². The molecule has 106 valence electrons. The Kier molecular flexibility index (Phi) is 4.21. The van der Waals surface area contributed by atoms with Crippen LogP contribution in [-0.2, 0) is 16.1 Å². The first-order chi connectivity index (χ1) is 9.01. The van der Waals surface area contributed by atoms with Gasteiger partial charge >= 0.3 is 0 Å². The molecule has 0 unspecified atom stereocenters. The van der Waals surface area contributed by atoms with Crippen LogP contribution in [0.2, 0.25) is 0 Å². The summed E-state index contributed by atoms with van der Waals surface area (Å²) >= 11 is 0. The van der Waals surface area contributed by atoms with Crippen molar-refractivity contribution in [3.8, 4) is 0 Å². The van der Waals surface area contributed by atoms with Gasteiger partial charge < -0.3 is 14.2 Å². The molecule has 0 aromatic carbocycles. The van der Waals surface area contributed by atoms with Crippen molar-refractivity contribution in [1.82, 2.24) is 15.0 Å². The van der Waals surface area contributed by atoms with Crippen molar-refractivity contribution in [3.05, 3.63) is 17.5 Å². The van der Waals surface area contributed by atoms with E-state index in [4.69, 9.17) is 9.26 Å². The molecule has 1 fully saturated rings. The van der Waals surface area contributed by atoms with Gasteiger partial charge in [0.15, 0.2) is 0 Å². The highest BCUT2D eigenvalue weighted by atomic mass is 16.5. The molecule has 19 heavy (non-hydrogen) atoms. The predicted molar refractivity (Wildman–Crippen MR) is 69.5 cm³/mol. The van der Waals surface area contributed by atoms with Crippen LogP contribution in [-0.4, -0.2) is 60.8 Å². The summed E-state index contributed by atoms with van der Waals surface area (Å²) in [4.78, 5) is 16.1. The Labute approximate surface area is 113 Å². The molecule has 1 amide bonds. The van der Waals surface area contributed by atoms with Crippen LogP contribution >= 0.6 is 0 Å². The van der Waals surface area contributed by atoms with Gasteiger partial charge in [0, 0.05) is 26.8 Å². The third-order valence-corrected chi connectivity index (χ3v) is 3.58. The van der Waals surface area contributed by atoms with Crippen LogP contribution in [0.15, 0.2) is 10.6 Å². The van der Waals surface area contributed by atoms with E-state index in [-0.39, 0.29) is 18.1 Å². The lowest BCUT2D eigenvalue weighted by molar-refractivity contribution is -0.134. The third kappa shape index (κ3) is 3.13. The molecule has 0 aliphatic carbocycles. The van der Waals surface area contributed by atoms with Crippen LogP contribution in [0.25, 0.3) is 0 Å². The molecule has 1 aromatic heterocycles. The van der Waals surface area contributed by atoms with Crippen LogP contribution < -0.4 is 0 Å². The molecular weight excluding hydrogens is 246 g/mol. The summed E-state index contributed by atoms with van der Waals surface area (Å²) in [5.41, 5.74) is 0.775. The molecule has 2 heterocycles. The molecule has 1 aliphatic rings. The summed E-state index contributed by atoms with van der Waals surface area (Å²) in [5, 5.41) is 3.91. The lowest BCUT2D eigenvalue weighted by atomic mass is 10.1.